The standard InChI is InChI=1S/C16H13F3N2O/c17-16(18,19)12-4-1-10(2-5-12)11-3-6-14-13(9-11)15(20)21-7-8-22-14/h1-6,9H,7-8H2,(H2,20,21). The van der Waals surface area contributed by atoms with Crippen LogP contribution in [0.5, 0.6) is 5.75 Å². The number of nitrogens with zero attached hydrogens (tertiary/aromatic N) is 1. The van der Waals surface area contributed by atoms with Crippen LogP contribution in [0.25, 0.3) is 11.1 Å². The number of aliphatic imine (C=N–C) groups is 1. The second-order valence-corrected chi connectivity index (χ2v) is 4.90. The number of fused-ring (bicyclic) bond motifs is 1. The molecule has 2 aromatic rings. The summed E-state index contributed by atoms with van der Waals surface area (Å²) in [6, 6.07) is 10.3. The molecule has 1 heterocycles. The highest BCUT2D eigenvalue weighted by Gasteiger charge is 2.30. The molecular weight excluding hydrogens is 293 g/mol. The Bertz CT molecular complexity index is 721. The van der Waals surface area contributed by atoms with E-state index in [1.165, 1.54) is 12.1 Å². The van der Waals surface area contributed by atoms with Gasteiger partial charge in [-0.25, -0.2) is 0 Å². The molecule has 2 aromatic carbocycles. The highest BCUT2D eigenvalue weighted by atomic mass is 19.4. The lowest BCUT2D eigenvalue weighted by atomic mass is 10.0. The topological polar surface area (TPSA) is 47.6 Å². The second kappa shape index (κ2) is 5.36. The van der Waals surface area contributed by atoms with Gasteiger partial charge < -0.3 is 10.5 Å². The Morgan fingerprint density at radius 3 is 2.36 bits per heavy atom. The van der Waals surface area contributed by atoms with Gasteiger partial charge in [-0.05, 0) is 35.4 Å². The molecule has 0 aliphatic carbocycles. The van der Waals surface area contributed by atoms with Gasteiger partial charge in [-0.1, -0.05) is 18.2 Å². The fourth-order valence-electron chi connectivity index (χ4n) is 2.29. The van der Waals surface area contributed by atoms with Crippen LogP contribution in [-0.4, -0.2) is 19.0 Å². The third-order valence-corrected chi connectivity index (χ3v) is 3.43. The summed E-state index contributed by atoms with van der Waals surface area (Å²) in [6.45, 7) is 0.934. The van der Waals surface area contributed by atoms with Crippen LogP contribution in [0, 0.1) is 0 Å². The minimum Gasteiger partial charge on any atom is -0.491 e. The summed E-state index contributed by atoms with van der Waals surface area (Å²) in [5.74, 6) is 1.01. The van der Waals surface area contributed by atoms with Gasteiger partial charge in [0.15, 0.2) is 0 Å². The summed E-state index contributed by atoms with van der Waals surface area (Å²) in [7, 11) is 0. The van der Waals surface area contributed by atoms with E-state index in [4.69, 9.17) is 10.5 Å². The Balaban J connectivity index is 1.99. The van der Waals surface area contributed by atoms with Gasteiger partial charge in [0.05, 0.1) is 17.7 Å². The van der Waals surface area contributed by atoms with E-state index in [0.717, 1.165) is 17.7 Å². The molecule has 0 amide bonds. The summed E-state index contributed by atoms with van der Waals surface area (Å²) in [4.78, 5) is 4.17. The van der Waals surface area contributed by atoms with E-state index in [0.29, 0.717) is 35.9 Å². The van der Waals surface area contributed by atoms with Crippen LogP contribution in [0.3, 0.4) is 0 Å². The Morgan fingerprint density at radius 1 is 1.00 bits per heavy atom. The zero-order chi connectivity index (χ0) is 15.7. The number of hydrogen-bond acceptors (Lipinski definition) is 3. The van der Waals surface area contributed by atoms with Gasteiger partial charge in [0.25, 0.3) is 0 Å². The van der Waals surface area contributed by atoms with Gasteiger partial charge in [0.1, 0.15) is 18.2 Å². The molecule has 0 radical (unpaired) electrons. The number of nitrogens with two attached hydrogens (primary N) is 1. The van der Waals surface area contributed by atoms with Crippen molar-refractivity contribution in [1.82, 2.24) is 0 Å². The number of benzene rings is 2. The van der Waals surface area contributed by atoms with E-state index in [9.17, 15) is 13.2 Å². The maximum Gasteiger partial charge on any atom is 0.416 e. The first-order chi connectivity index (χ1) is 10.4. The molecule has 0 saturated heterocycles. The molecule has 0 fully saturated rings. The van der Waals surface area contributed by atoms with Crippen molar-refractivity contribution in [2.75, 3.05) is 13.2 Å². The lowest BCUT2D eigenvalue weighted by Crippen LogP contribution is -2.13. The van der Waals surface area contributed by atoms with Crippen molar-refractivity contribution in [1.29, 1.82) is 0 Å². The highest BCUT2D eigenvalue weighted by molar-refractivity contribution is 6.01. The summed E-state index contributed by atoms with van der Waals surface area (Å²) in [5.41, 5.74) is 7.32. The SMILES string of the molecule is NC1=NCCOc2ccc(-c3ccc(C(F)(F)F)cc3)cc21. The zero-order valence-electron chi connectivity index (χ0n) is 11.5. The first-order valence-corrected chi connectivity index (χ1v) is 6.70. The van der Waals surface area contributed by atoms with E-state index < -0.39 is 11.7 Å². The predicted octanol–water partition coefficient (Wildman–Crippen LogP) is 3.47. The Hall–Kier alpha value is -2.50. The van der Waals surface area contributed by atoms with Crippen LogP contribution >= 0.6 is 0 Å². The number of rotatable bonds is 1. The fraction of sp³-hybridized carbons (Fsp3) is 0.188. The van der Waals surface area contributed by atoms with Crippen LogP contribution in [-0.2, 0) is 6.18 Å². The maximum absolute atomic E-state index is 12.6. The van der Waals surface area contributed by atoms with E-state index in [2.05, 4.69) is 4.99 Å². The summed E-state index contributed by atoms with van der Waals surface area (Å²) in [6.07, 6.45) is -4.34. The number of ether oxygens (including phenoxy) is 1. The van der Waals surface area contributed by atoms with Gasteiger partial charge in [-0.2, -0.15) is 13.2 Å². The molecule has 3 rings (SSSR count). The lowest BCUT2D eigenvalue weighted by molar-refractivity contribution is -0.137. The first-order valence-electron chi connectivity index (χ1n) is 6.70. The average Bonchev–Trinajstić information content (AvgIpc) is 2.68. The van der Waals surface area contributed by atoms with Gasteiger partial charge >= 0.3 is 6.18 Å². The molecule has 3 nitrogen and oxygen atoms in total. The first kappa shape index (κ1) is 14.4. The van der Waals surface area contributed by atoms with Gasteiger partial charge in [0.2, 0.25) is 0 Å². The minimum absolute atomic E-state index is 0.376. The molecule has 0 saturated carbocycles. The Kier molecular flexibility index (Phi) is 3.52. The molecular formula is C16H13F3N2O. The molecule has 0 spiro atoms. The van der Waals surface area contributed by atoms with Gasteiger partial charge in [-0.3, -0.25) is 4.99 Å². The molecule has 0 unspecified atom stereocenters. The normalized spacial score (nSPS) is 14.6. The van der Waals surface area contributed by atoms with Crippen LogP contribution in [0.2, 0.25) is 0 Å². The van der Waals surface area contributed by atoms with Crippen LogP contribution in [0.15, 0.2) is 47.5 Å². The number of amidine groups is 1. The van der Waals surface area contributed by atoms with Crippen LogP contribution in [0.4, 0.5) is 13.2 Å². The fourth-order valence-corrected chi connectivity index (χ4v) is 2.29. The number of hydrogen-bond donors (Lipinski definition) is 1. The van der Waals surface area contributed by atoms with Gasteiger partial charge in [-0.15, -0.1) is 0 Å². The highest BCUT2D eigenvalue weighted by Crippen LogP contribution is 2.32. The number of alkyl halides is 3. The quantitative estimate of drug-likeness (QED) is 0.877. The predicted molar refractivity (Wildman–Crippen MR) is 78.0 cm³/mol. The second-order valence-electron chi connectivity index (χ2n) is 4.90. The molecule has 22 heavy (non-hydrogen) atoms. The Morgan fingerprint density at radius 2 is 1.68 bits per heavy atom. The molecule has 0 aromatic heterocycles. The molecule has 0 atom stereocenters. The zero-order valence-corrected chi connectivity index (χ0v) is 11.5. The molecule has 1 aliphatic heterocycles. The smallest absolute Gasteiger partial charge is 0.416 e. The maximum atomic E-state index is 12.6. The summed E-state index contributed by atoms with van der Waals surface area (Å²) >= 11 is 0. The summed E-state index contributed by atoms with van der Waals surface area (Å²) in [5, 5.41) is 0. The van der Waals surface area contributed by atoms with Gasteiger partial charge in [0, 0.05) is 0 Å². The summed E-state index contributed by atoms with van der Waals surface area (Å²) < 4.78 is 43.3. The van der Waals surface area contributed by atoms with Crippen LogP contribution < -0.4 is 10.5 Å². The molecule has 114 valence electrons. The van der Waals surface area contributed by atoms with Crippen molar-refractivity contribution >= 4 is 5.84 Å². The molecule has 2 N–H and O–H groups in total. The monoisotopic (exact) mass is 306 g/mol. The average molecular weight is 306 g/mol. The van der Waals surface area contributed by atoms with Crippen molar-refractivity contribution in [3.05, 3.63) is 53.6 Å². The van der Waals surface area contributed by atoms with E-state index in [1.807, 2.05) is 0 Å². The van der Waals surface area contributed by atoms with Crippen molar-refractivity contribution in [3.8, 4) is 16.9 Å². The van der Waals surface area contributed by atoms with E-state index in [-0.39, 0.29) is 0 Å². The third-order valence-electron chi connectivity index (χ3n) is 3.43. The number of halogens is 3. The third kappa shape index (κ3) is 2.77. The van der Waals surface area contributed by atoms with Crippen molar-refractivity contribution in [3.63, 3.8) is 0 Å². The van der Waals surface area contributed by atoms with E-state index >= 15 is 0 Å². The molecule has 0 bridgehead atoms. The Labute approximate surface area is 125 Å². The van der Waals surface area contributed by atoms with Crippen molar-refractivity contribution in [2.45, 2.75) is 6.18 Å². The lowest BCUT2D eigenvalue weighted by Gasteiger charge is -2.11. The van der Waals surface area contributed by atoms with Crippen molar-refractivity contribution in [2.24, 2.45) is 10.7 Å². The molecule has 6 heteroatoms. The molecule has 1 aliphatic rings. The van der Waals surface area contributed by atoms with Crippen LogP contribution in [0.1, 0.15) is 11.1 Å². The van der Waals surface area contributed by atoms with E-state index in [1.54, 1.807) is 18.2 Å². The largest absolute Gasteiger partial charge is 0.491 e. The minimum atomic E-state index is -4.34. The van der Waals surface area contributed by atoms with Crippen molar-refractivity contribution < 1.29 is 17.9 Å².